The van der Waals surface area contributed by atoms with Crippen LogP contribution in [-0.2, 0) is 24.5 Å². The minimum absolute atomic E-state index is 0.0155. The zero-order valence-corrected chi connectivity index (χ0v) is 18.3. The molecule has 2 atom stereocenters. The molecule has 4 heterocycles. The molecule has 1 saturated heterocycles. The van der Waals surface area contributed by atoms with Crippen molar-refractivity contribution < 1.29 is 19.7 Å². The Labute approximate surface area is 183 Å². The summed E-state index contributed by atoms with van der Waals surface area (Å²) in [6.45, 7) is 7.72. The second-order valence-electron chi connectivity index (χ2n) is 8.97. The first kappa shape index (κ1) is 20.7. The molecule has 3 aliphatic rings. The van der Waals surface area contributed by atoms with Crippen LogP contribution >= 0.6 is 0 Å². The maximum absolute atomic E-state index is 10.6. The summed E-state index contributed by atoms with van der Waals surface area (Å²) in [5.74, 6) is 1.93. The second-order valence-corrected chi connectivity index (χ2v) is 8.97. The van der Waals surface area contributed by atoms with Crippen molar-refractivity contribution in [1.29, 1.82) is 0 Å². The normalized spacial score (nSPS) is 22.5. The molecule has 0 radical (unpaired) electrons. The molecule has 0 spiro atoms. The van der Waals surface area contributed by atoms with Gasteiger partial charge in [-0.25, -0.2) is 4.98 Å². The number of pyridine rings is 1. The van der Waals surface area contributed by atoms with Crippen LogP contribution in [-0.4, -0.2) is 51.9 Å². The predicted octanol–water partition coefficient (Wildman–Crippen LogP) is 2.66. The maximum Gasteiger partial charge on any atom is 0.136 e. The van der Waals surface area contributed by atoms with Crippen molar-refractivity contribution in [2.24, 2.45) is 0 Å². The average molecular weight is 426 g/mol. The van der Waals surface area contributed by atoms with Crippen LogP contribution in [0.25, 0.3) is 0 Å². The third-order valence-electron chi connectivity index (χ3n) is 6.79. The van der Waals surface area contributed by atoms with E-state index in [1.54, 1.807) is 0 Å². The second kappa shape index (κ2) is 8.39. The van der Waals surface area contributed by atoms with Gasteiger partial charge in [0, 0.05) is 44.1 Å². The van der Waals surface area contributed by atoms with Gasteiger partial charge in [0.25, 0.3) is 0 Å². The number of piperidine rings is 1. The number of benzene rings is 1. The number of rotatable bonds is 5. The molecule has 0 saturated carbocycles. The van der Waals surface area contributed by atoms with E-state index in [1.165, 1.54) is 11.1 Å². The Morgan fingerprint density at radius 2 is 1.97 bits per heavy atom. The minimum atomic E-state index is -0.700. The summed E-state index contributed by atoms with van der Waals surface area (Å²) in [6, 6.07) is 8.23. The fourth-order valence-electron chi connectivity index (χ4n) is 4.87. The highest BCUT2D eigenvalue weighted by Crippen LogP contribution is 2.36. The van der Waals surface area contributed by atoms with Gasteiger partial charge in [-0.15, -0.1) is 0 Å². The van der Waals surface area contributed by atoms with Crippen molar-refractivity contribution in [2.75, 3.05) is 24.6 Å². The fourth-order valence-corrected chi connectivity index (χ4v) is 4.87. The van der Waals surface area contributed by atoms with Crippen molar-refractivity contribution in [3.63, 3.8) is 0 Å². The smallest absolute Gasteiger partial charge is 0.136 e. The van der Waals surface area contributed by atoms with E-state index in [9.17, 15) is 10.2 Å². The number of aryl methyl sites for hydroxylation is 1. The number of hydrogen-bond donors (Lipinski definition) is 2. The summed E-state index contributed by atoms with van der Waals surface area (Å²) in [4.78, 5) is 9.15. The molecule has 31 heavy (non-hydrogen) atoms. The number of aliphatic hydroxyl groups excluding tert-OH is 2. The van der Waals surface area contributed by atoms with Gasteiger partial charge in [0.1, 0.15) is 23.9 Å². The molecule has 7 heteroatoms. The van der Waals surface area contributed by atoms with E-state index in [1.807, 2.05) is 11.8 Å². The quantitative estimate of drug-likeness (QED) is 0.763. The predicted molar refractivity (Wildman–Crippen MR) is 117 cm³/mol. The van der Waals surface area contributed by atoms with E-state index >= 15 is 0 Å². The lowest BCUT2D eigenvalue weighted by Crippen LogP contribution is -2.39. The number of aliphatic hydroxyl groups is 2. The first-order chi connectivity index (χ1) is 15.0. The highest BCUT2D eigenvalue weighted by Gasteiger charge is 2.34. The third kappa shape index (κ3) is 3.91. The fraction of sp³-hybridized carbons (Fsp3) is 0.542. The summed E-state index contributed by atoms with van der Waals surface area (Å²) in [5.41, 5.74) is 5.35. The zero-order chi connectivity index (χ0) is 21.5. The molecular formula is C24H31N3O4. The molecule has 1 fully saturated rings. The number of hydrogen-bond acceptors (Lipinski definition) is 7. The van der Waals surface area contributed by atoms with E-state index in [0.29, 0.717) is 19.8 Å². The van der Waals surface area contributed by atoms with Crippen LogP contribution in [0, 0.1) is 6.92 Å². The third-order valence-corrected chi connectivity index (χ3v) is 6.79. The van der Waals surface area contributed by atoms with Crippen LogP contribution in [0.3, 0.4) is 0 Å². The number of fused-ring (bicyclic) bond motifs is 2. The topological polar surface area (TPSA) is 78.3 Å². The summed E-state index contributed by atoms with van der Waals surface area (Å²) in [6.07, 6.45) is 1.40. The van der Waals surface area contributed by atoms with Gasteiger partial charge in [0.2, 0.25) is 0 Å². The molecule has 7 nitrogen and oxygen atoms in total. The van der Waals surface area contributed by atoms with Crippen molar-refractivity contribution in [1.82, 2.24) is 9.88 Å². The van der Waals surface area contributed by atoms with E-state index in [-0.39, 0.29) is 18.8 Å². The largest absolute Gasteiger partial charge is 0.490 e. The van der Waals surface area contributed by atoms with E-state index in [0.717, 1.165) is 54.3 Å². The maximum atomic E-state index is 10.6. The Kier molecular flexibility index (Phi) is 5.60. The van der Waals surface area contributed by atoms with E-state index in [4.69, 9.17) is 14.5 Å². The van der Waals surface area contributed by atoms with Crippen molar-refractivity contribution in [3.8, 4) is 5.75 Å². The Morgan fingerprint density at radius 3 is 2.74 bits per heavy atom. The average Bonchev–Trinajstić information content (AvgIpc) is 3.37. The van der Waals surface area contributed by atoms with Gasteiger partial charge in [0.05, 0.1) is 25.5 Å². The first-order valence-electron chi connectivity index (χ1n) is 11.2. The molecule has 166 valence electrons. The van der Waals surface area contributed by atoms with Crippen LogP contribution < -0.4 is 9.64 Å². The molecule has 1 unspecified atom stereocenters. The molecule has 5 rings (SSSR count). The SMILES string of the molecule is Cc1cc2c(nc1N1CCC(Oc3ccc4c(c3)COC4)CC1)CN([C@H](C)CO)C2O. The lowest BCUT2D eigenvalue weighted by molar-refractivity contribution is -0.0265. The summed E-state index contributed by atoms with van der Waals surface area (Å²) < 4.78 is 11.8. The summed E-state index contributed by atoms with van der Waals surface area (Å²) in [5, 5.41) is 20.1. The van der Waals surface area contributed by atoms with Crippen LogP contribution in [0.15, 0.2) is 24.3 Å². The number of nitrogens with zero attached hydrogens (tertiary/aromatic N) is 3. The molecular weight excluding hydrogens is 394 g/mol. The van der Waals surface area contributed by atoms with Crippen molar-refractivity contribution in [2.45, 2.75) is 64.8 Å². The van der Waals surface area contributed by atoms with Gasteiger partial charge >= 0.3 is 0 Å². The van der Waals surface area contributed by atoms with E-state index < -0.39 is 6.23 Å². The van der Waals surface area contributed by atoms with E-state index in [2.05, 4.69) is 36.1 Å². The Balaban J connectivity index is 1.24. The number of aromatic nitrogens is 1. The molecule has 3 aliphatic heterocycles. The van der Waals surface area contributed by atoms with Crippen LogP contribution in [0.4, 0.5) is 5.82 Å². The van der Waals surface area contributed by atoms with Crippen molar-refractivity contribution >= 4 is 5.82 Å². The molecule has 0 aliphatic carbocycles. The molecule has 0 bridgehead atoms. The number of ether oxygens (including phenoxy) is 2. The Morgan fingerprint density at radius 1 is 1.19 bits per heavy atom. The van der Waals surface area contributed by atoms with Gasteiger partial charge in [-0.1, -0.05) is 6.07 Å². The zero-order valence-electron chi connectivity index (χ0n) is 18.3. The van der Waals surface area contributed by atoms with Gasteiger partial charge < -0.3 is 24.6 Å². The van der Waals surface area contributed by atoms with Gasteiger partial charge in [-0.2, -0.15) is 0 Å². The van der Waals surface area contributed by atoms with Crippen molar-refractivity contribution in [3.05, 3.63) is 52.2 Å². The lowest BCUT2D eigenvalue weighted by Gasteiger charge is -2.34. The van der Waals surface area contributed by atoms with Crippen LogP contribution in [0.1, 0.15) is 53.9 Å². The molecule has 2 N–H and O–H groups in total. The monoisotopic (exact) mass is 425 g/mol. The number of anilines is 1. The molecule has 1 aromatic heterocycles. The van der Waals surface area contributed by atoms with Crippen LogP contribution in [0.2, 0.25) is 0 Å². The van der Waals surface area contributed by atoms with Gasteiger partial charge in [-0.05, 0) is 48.7 Å². The van der Waals surface area contributed by atoms with Gasteiger partial charge in [-0.3, -0.25) is 4.90 Å². The Bertz CT molecular complexity index is 958. The summed E-state index contributed by atoms with van der Waals surface area (Å²) >= 11 is 0. The van der Waals surface area contributed by atoms with Gasteiger partial charge in [0.15, 0.2) is 0 Å². The highest BCUT2D eigenvalue weighted by atomic mass is 16.5. The molecule has 2 aromatic rings. The minimum Gasteiger partial charge on any atom is -0.490 e. The highest BCUT2D eigenvalue weighted by molar-refractivity contribution is 5.51. The lowest BCUT2D eigenvalue weighted by atomic mass is 10.1. The summed E-state index contributed by atoms with van der Waals surface area (Å²) in [7, 11) is 0. The first-order valence-corrected chi connectivity index (χ1v) is 11.2. The van der Waals surface area contributed by atoms with Crippen LogP contribution in [0.5, 0.6) is 5.75 Å². The molecule has 0 amide bonds. The molecule has 1 aromatic carbocycles. The standard InChI is InChI=1S/C24H31N3O4/c1-15-9-21-22(11-27(24(21)29)16(2)12-28)25-23(15)26-7-5-19(6-8-26)31-20-4-3-17-13-30-14-18(17)10-20/h3-4,9-10,16,19,24,28-29H,5-8,11-14H2,1-2H3/t16-,24?/m1/s1. The Hall–Kier alpha value is -2.19.